The Morgan fingerprint density at radius 3 is 2.96 bits per heavy atom. The van der Waals surface area contributed by atoms with Crippen LogP contribution in [-0.4, -0.2) is 60.9 Å². The lowest BCUT2D eigenvalue weighted by molar-refractivity contribution is -0.128. The number of hydrogen-bond acceptors (Lipinski definition) is 8. The van der Waals surface area contributed by atoms with Gasteiger partial charge in [0.2, 0.25) is 11.0 Å². The van der Waals surface area contributed by atoms with E-state index in [-0.39, 0.29) is 23.0 Å². The molecule has 2 aromatic rings. The molecule has 2 aromatic heterocycles. The van der Waals surface area contributed by atoms with Crippen LogP contribution in [0.3, 0.4) is 0 Å². The SMILES string of the molecule is CCn1nnc2c(N3CC(C(=O)NC4CCSC4=O)C3)ncnc21. The molecule has 0 bridgehead atoms. The van der Waals surface area contributed by atoms with Gasteiger partial charge in [-0.15, -0.1) is 5.10 Å². The topological polar surface area (TPSA) is 106 Å². The van der Waals surface area contributed by atoms with Crippen LogP contribution < -0.4 is 10.2 Å². The van der Waals surface area contributed by atoms with Gasteiger partial charge in [-0.25, -0.2) is 14.6 Å². The Morgan fingerprint density at radius 2 is 2.25 bits per heavy atom. The largest absolute Gasteiger partial charge is 0.353 e. The Bertz CT molecular complexity index is 802. The van der Waals surface area contributed by atoms with Crippen molar-refractivity contribution in [2.75, 3.05) is 23.7 Å². The molecule has 1 unspecified atom stereocenters. The summed E-state index contributed by atoms with van der Waals surface area (Å²) < 4.78 is 1.72. The fourth-order valence-electron chi connectivity index (χ4n) is 2.96. The van der Waals surface area contributed by atoms with Gasteiger partial charge < -0.3 is 10.2 Å². The Morgan fingerprint density at radius 1 is 1.42 bits per heavy atom. The van der Waals surface area contributed by atoms with Crippen molar-refractivity contribution in [2.24, 2.45) is 5.92 Å². The van der Waals surface area contributed by atoms with Gasteiger partial charge in [-0.3, -0.25) is 9.59 Å². The van der Waals surface area contributed by atoms with E-state index in [1.807, 2.05) is 11.8 Å². The lowest BCUT2D eigenvalue weighted by Crippen LogP contribution is -2.56. The predicted molar refractivity (Wildman–Crippen MR) is 88.5 cm³/mol. The molecule has 1 amide bonds. The van der Waals surface area contributed by atoms with Gasteiger partial charge in [0.05, 0.1) is 12.0 Å². The van der Waals surface area contributed by atoms with Crippen LogP contribution in [0.4, 0.5) is 5.82 Å². The fourth-order valence-corrected chi connectivity index (χ4v) is 3.89. The van der Waals surface area contributed by atoms with E-state index in [2.05, 4.69) is 25.6 Å². The summed E-state index contributed by atoms with van der Waals surface area (Å²) in [4.78, 5) is 34.4. The van der Waals surface area contributed by atoms with E-state index in [1.165, 1.54) is 18.1 Å². The van der Waals surface area contributed by atoms with Gasteiger partial charge in [0.1, 0.15) is 6.33 Å². The molecule has 0 aliphatic carbocycles. The minimum atomic E-state index is -0.327. The Hall–Kier alpha value is -2.23. The van der Waals surface area contributed by atoms with Gasteiger partial charge in [-0.05, 0) is 13.3 Å². The highest BCUT2D eigenvalue weighted by Gasteiger charge is 2.37. The molecular weight excluding hydrogens is 330 g/mol. The molecule has 4 heterocycles. The molecule has 2 aliphatic rings. The minimum Gasteiger partial charge on any atom is -0.353 e. The molecule has 2 fully saturated rings. The van der Waals surface area contributed by atoms with Gasteiger partial charge in [0.15, 0.2) is 17.0 Å². The average molecular weight is 347 g/mol. The van der Waals surface area contributed by atoms with Gasteiger partial charge >= 0.3 is 0 Å². The lowest BCUT2D eigenvalue weighted by atomic mass is 9.98. The molecule has 126 valence electrons. The molecular formula is C14H17N7O2S. The maximum atomic E-state index is 12.3. The third-order valence-electron chi connectivity index (χ3n) is 4.38. The molecule has 9 nitrogen and oxygen atoms in total. The summed E-state index contributed by atoms with van der Waals surface area (Å²) in [7, 11) is 0. The van der Waals surface area contributed by atoms with Crippen molar-refractivity contribution in [1.82, 2.24) is 30.3 Å². The number of fused-ring (bicyclic) bond motifs is 1. The second-order valence-electron chi connectivity index (χ2n) is 5.89. The summed E-state index contributed by atoms with van der Waals surface area (Å²) in [5, 5.41) is 11.1. The highest BCUT2D eigenvalue weighted by atomic mass is 32.2. The Kier molecular flexibility index (Phi) is 3.83. The zero-order valence-corrected chi connectivity index (χ0v) is 14.0. The van der Waals surface area contributed by atoms with E-state index in [1.54, 1.807) is 4.68 Å². The van der Waals surface area contributed by atoms with Crippen LogP contribution in [0.1, 0.15) is 13.3 Å². The van der Waals surface area contributed by atoms with E-state index in [4.69, 9.17) is 0 Å². The number of thioether (sulfide) groups is 1. The third-order valence-corrected chi connectivity index (χ3v) is 5.39. The van der Waals surface area contributed by atoms with E-state index < -0.39 is 0 Å². The molecule has 10 heteroatoms. The van der Waals surface area contributed by atoms with Crippen LogP contribution in [0.25, 0.3) is 11.2 Å². The first-order chi connectivity index (χ1) is 11.7. The number of aromatic nitrogens is 5. The molecule has 2 aliphatic heterocycles. The van der Waals surface area contributed by atoms with Crippen LogP contribution in [0.5, 0.6) is 0 Å². The Balaban J connectivity index is 1.43. The second kappa shape index (κ2) is 6.00. The number of hydrogen-bond donors (Lipinski definition) is 1. The number of amides is 1. The van der Waals surface area contributed by atoms with Crippen molar-refractivity contribution >= 4 is 39.8 Å². The molecule has 1 atom stereocenters. The minimum absolute atomic E-state index is 0.0605. The number of nitrogens with one attached hydrogen (secondary N) is 1. The molecule has 1 N–H and O–H groups in total. The first-order valence-corrected chi connectivity index (χ1v) is 8.92. The average Bonchev–Trinajstić information content (AvgIpc) is 3.13. The fraction of sp³-hybridized carbons (Fsp3) is 0.571. The summed E-state index contributed by atoms with van der Waals surface area (Å²) in [6.45, 7) is 3.78. The van der Waals surface area contributed by atoms with Crippen LogP contribution in [-0.2, 0) is 16.1 Å². The van der Waals surface area contributed by atoms with Crippen LogP contribution in [0.15, 0.2) is 6.33 Å². The number of anilines is 1. The molecule has 0 saturated carbocycles. The van der Waals surface area contributed by atoms with Gasteiger partial charge in [0, 0.05) is 25.4 Å². The number of rotatable bonds is 4. The van der Waals surface area contributed by atoms with Gasteiger partial charge in [-0.1, -0.05) is 17.0 Å². The van der Waals surface area contributed by atoms with Crippen LogP contribution in [0, 0.1) is 5.92 Å². The van der Waals surface area contributed by atoms with Crippen molar-refractivity contribution in [1.29, 1.82) is 0 Å². The second-order valence-corrected chi connectivity index (χ2v) is 6.99. The number of carbonyl (C=O) groups is 2. The number of aryl methyl sites for hydroxylation is 1. The summed E-state index contributed by atoms with van der Waals surface area (Å²) in [6.07, 6.45) is 2.22. The molecule has 2 saturated heterocycles. The number of carbonyl (C=O) groups excluding carboxylic acids is 2. The van der Waals surface area contributed by atoms with E-state index in [0.29, 0.717) is 36.6 Å². The highest BCUT2D eigenvalue weighted by molar-refractivity contribution is 8.14. The molecule has 0 radical (unpaired) electrons. The summed E-state index contributed by atoms with van der Waals surface area (Å²) in [5.74, 6) is 1.30. The molecule has 0 spiro atoms. The monoisotopic (exact) mass is 347 g/mol. The highest BCUT2D eigenvalue weighted by Crippen LogP contribution is 2.28. The maximum Gasteiger partial charge on any atom is 0.227 e. The summed E-state index contributed by atoms with van der Waals surface area (Å²) in [5.41, 5.74) is 1.35. The van der Waals surface area contributed by atoms with Crippen LogP contribution in [0.2, 0.25) is 0 Å². The first-order valence-electron chi connectivity index (χ1n) is 7.93. The van der Waals surface area contributed by atoms with Crippen molar-refractivity contribution in [3.05, 3.63) is 6.33 Å². The van der Waals surface area contributed by atoms with Crippen molar-refractivity contribution in [3.63, 3.8) is 0 Å². The van der Waals surface area contributed by atoms with E-state index in [9.17, 15) is 9.59 Å². The molecule has 24 heavy (non-hydrogen) atoms. The van der Waals surface area contributed by atoms with E-state index >= 15 is 0 Å². The normalized spacial score (nSPS) is 21.3. The smallest absolute Gasteiger partial charge is 0.227 e. The Labute approximate surface area is 142 Å². The summed E-state index contributed by atoms with van der Waals surface area (Å²) in [6, 6.07) is -0.327. The third kappa shape index (κ3) is 2.50. The zero-order valence-electron chi connectivity index (χ0n) is 13.2. The predicted octanol–water partition coefficient (Wildman–Crippen LogP) is -0.174. The maximum absolute atomic E-state index is 12.3. The molecule has 0 aromatic carbocycles. The van der Waals surface area contributed by atoms with Crippen molar-refractivity contribution in [3.8, 4) is 0 Å². The van der Waals surface area contributed by atoms with Gasteiger partial charge in [-0.2, -0.15) is 0 Å². The van der Waals surface area contributed by atoms with Crippen molar-refractivity contribution in [2.45, 2.75) is 25.9 Å². The standard InChI is InChI=1S/C14H17N7O2S/c1-2-21-12-10(18-19-21)11(15-7-16-12)20-5-8(6-20)13(22)17-9-3-4-24-14(9)23/h7-9H,2-6H2,1H3,(H,17,22). The lowest BCUT2D eigenvalue weighted by Gasteiger charge is -2.39. The van der Waals surface area contributed by atoms with Gasteiger partial charge in [0.25, 0.3) is 0 Å². The van der Waals surface area contributed by atoms with E-state index in [0.717, 1.165) is 12.2 Å². The quantitative estimate of drug-likeness (QED) is 0.812. The van der Waals surface area contributed by atoms with Crippen LogP contribution >= 0.6 is 11.8 Å². The number of nitrogens with zero attached hydrogens (tertiary/aromatic N) is 6. The first kappa shape index (κ1) is 15.3. The summed E-state index contributed by atoms with van der Waals surface area (Å²) >= 11 is 1.29. The van der Waals surface area contributed by atoms with Crippen molar-refractivity contribution < 1.29 is 9.59 Å². The zero-order chi connectivity index (χ0) is 16.7. The molecule has 4 rings (SSSR count).